The number of hydrogen-bond acceptors (Lipinski definition) is 6. The molecule has 1 unspecified atom stereocenters. The number of rotatable bonds is 10. The van der Waals surface area contributed by atoms with Gasteiger partial charge in [0, 0.05) is 17.7 Å². The average Bonchev–Trinajstić information content (AvgIpc) is 3.67. The van der Waals surface area contributed by atoms with Crippen molar-refractivity contribution in [3.63, 3.8) is 0 Å². The third-order valence-corrected chi connectivity index (χ3v) is 7.17. The van der Waals surface area contributed by atoms with Crippen LogP contribution in [0.15, 0.2) is 83.4 Å². The van der Waals surface area contributed by atoms with Gasteiger partial charge in [0.25, 0.3) is 0 Å². The Morgan fingerprint density at radius 1 is 1.00 bits per heavy atom. The van der Waals surface area contributed by atoms with Crippen LogP contribution < -0.4 is 5.32 Å². The van der Waals surface area contributed by atoms with Gasteiger partial charge in [-0.15, -0.1) is 0 Å². The number of aryl methyl sites for hydroxylation is 1. The Balaban J connectivity index is 1.33. The minimum absolute atomic E-state index is 0.0698. The van der Waals surface area contributed by atoms with Gasteiger partial charge in [0.2, 0.25) is 0 Å². The lowest BCUT2D eigenvalue weighted by Crippen LogP contribution is -2.24. The summed E-state index contributed by atoms with van der Waals surface area (Å²) in [5.41, 5.74) is 6.35. The number of nitrogens with zero attached hydrogens (tertiary/aromatic N) is 1. The molecule has 0 amide bonds. The molecule has 5 rings (SSSR count). The molecule has 1 aromatic heterocycles. The van der Waals surface area contributed by atoms with E-state index in [0.29, 0.717) is 18.9 Å². The molecule has 4 aromatic rings. The molecule has 190 valence electrons. The van der Waals surface area contributed by atoms with Crippen LogP contribution in [0.3, 0.4) is 0 Å². The average molecular weight is 497 g/mol. The fourth-order valence-electron chi connectivity index (χ4n) is 4.89. The number of carbonyl (C=O) groups is 1. The minimum Gasteiger partial charge on any atom is -0.465 e. The molecule has 1 aliphatic rings. The van der Waals surface area contributed by atoms with E-state index in [1.165, 1.54) is 0 Å². The number of nitrogens with one attached hydrogen (secondary N) is 1. The Labute approximate surface area is 217 Å². The second-order valence-corrected chi connectivity index (χ2v) is 9.57. The smallest absolute Gasteiger partial charge is 0.316 e. The Kier molecular flexibility index (Phi) is 7.22. The maximum atomic E-state index is 12.4. The molecule has 1 fully saturated rings. The van der Waals surface area contributed by atoms with Gasteiger partial charge < -0.3 is 19.7 Å². The van der Waals surface area contributed by atoms with Crippen LogP contribution >= 0.6 is 0 Å². The first-order valence-electron chi connectivity index (χ1n) is 12.8. The quantitative estimate of drug-likeness (QED) is 0.273. The molecule has 6 nitrogen and oxygen atoms in total. The molecular formula is C31H32N2O4. The highest BCUT2D eigenvalue weighted by atomic mass is 16.5. The van der Waals surface area contributed by atoms with Crippen molar-refractivity contribution in [1.29, 1.82) is 0 Å². The molecule has 0 radical (unpaired) electrons. The van der Waals surface area contributed by atoms with Crippen molar-refractivity contribution >= 4 is 5.97 Å². The zero-order valence-corrected chi connectivity index (χ0v) is 21.2. The molecule has 1 aliphatic carbocycles. The van der Waals surface area contributed by atoms with Crippen LogP contribution in [0.1, 0.15) is 48.2 Å². The summed E-state index contributed by atoms with van der Waals surface area (Å²) in [6.45, 7) is 4.70. The van der Waals surface area contributed by atoms with Crippen molar-refractivity contribution in [3.05, 3.63) is 101 Å². The van der Waals surface area contributed by atoms with Gasteiger partial charge >= 0.3 is 5.97 Å². The number of esters is 1. The molecule has 0 saturated heterocycles. The van der Waals surface area contributed by atoms with Crippen LogP contribution in [0, 0.1) is 6.92 Å². The van der Waals surface area contributed by atoms with E-state index in [4.69, 9.17) is 9.26 Å². The number of benzene rings is 3. The van der Waals surface area contributed by atoms with E-state index in [1.54, 1.807) is 0 Å². The van der Waals surface area contributed by atoms with E-state index in [2.05, 4.69) is 46.9 Å². The first-order valence-corrected chi connectivity index (χ1v) is 12.8. The molecule has 3 aromatic carbocycles. The van der Waals surface area contributed by atoms with E-state index in [-0.39, 0.29) is 18.6 Å². The van der Waals surface area contributed by atoms with Crippen molar-refractivity contribution in [2.24, 2.45) is 0 Å². The fourth-order valence-corrected chi connectivity index (χ4v) is 4.89. The van der Waals surface area contributed by atoms with Gasteiger partial charge in [0.15, 0.2) is 5.76 Å². The van der Waals surface area contributed by atoms with Crippen LogP contribution in [0.25, 0.3) is 22.5 Å². The van der Waals surface area contributed by atoms with Gasteiger partial charge in [-0.05, 0) is 48.9 Å². The van der Waals surface area contributed by atoms with E-state index >= 15 is 0 Å². The Morgan fingerprint density at radius 3 is 2.22 bits per heavy atom. The van der Waals surface area contributed by atoms with Gasteiger partial charge in [-0.3, -0.25) is 4.79 Å². The second-order valence-electron chi connectivity index (χ2n) is 9.57. The fraction of sp³-hybridized carbons (Fsp3) is 0.290. The van der Waals surface area contributed by atoms with E-state index < -0.39 is 5.41 Å². The number of aliphatic hydroxyl groups excluding tert-OH is 1. The van der Waals surface area contributed by atoms with E-state index in [9.17, 15) is 9.90 Å². The van der Waals surface area contributed by atoms with Crippen LogP contribution in [0.4, 0.5) is 0 Å². The number of hydrogen-bond donors (Lipinski definition) is 2. The molecule has 0 aliphatic heterocycles. The number of ether oxygens (including phenoxy) is 1. The summed E-state index contributed by atoms with van der Waals surface area (Å²) in [6, 6.07) is 26.1. The first kappa shape index (κ1) is 24.9. The van der Waals surface area contributed by atoms with Crippen molar-refractivity contribution in [2.75, 3.05) is 13.2 Å². The summed E-state index contributed by atoms with van der Waals surface area (Å²) in [4.78, 5) is 12.4. The largest absolute Gasteiger partial charge is 0.465 e. The summed E-state index contributed by atoms with van der Waals surface area (Å²) in [5.74, 6) is 0.536. The van der Waals surface area contributed by atoms with Crippen LogP contribution in [0.5, 0.6) is 0 Å². The second kappa shape index (κ2) is 10.7. The molecule has 0 spiro atoms. The third kappa shape index (κ3) is 5.08. The Morgan fingerprint density at radius 2 is 1.62 bits per heavy atom. The van der Waals surface area contributed by atoms with Gasteiger partial charge in [0.05, 0.1) is 30.4 Å². The predicted molar refractivity (Wildman–Crippen MR) is 143 cm³/mol. The molecular weight excluding hydrogens is 464 g/mol. The monoisotopic (exact) mass is 496 g/mol. The van der Waals surface area contributed by atoms with Crippen LogP contribution in [0.2, 0.25) is 0 Å². The zero-order chi connectivity index (χ0) is 25.8. The van der Waals surface area contributed by atoms with Crippen molar-refractivity contribution in [2.45, 2.75) is 44.7 Å². The first-order chi connectivity index (χ1) is 18.1. The number of carbonyl (C=O) groups excluding carboxylic acids is 1. The standard InChI is InChI=1S/C31H32N2O4/c1-3-36-30(35)31(17-18-31)26-15-13-24(14-16-26)23-9-11-25(12-10-23)29-28(21(2)33-37-29)27(20-34)32-19-22-7-5-4-6-8-22/h4-16,27,32,34H,3,17-20H2,1-2H3. The highest BCUT2D eigenvalue weighted by Gasteiger charge is 2.52. The van der Waals surface area contributed by atoms with Gasteiger partial charge in [0.1, 0.15) is 0 Å². The topological polar surface area (TPSA) is 84.6 Å². The molecule has 6 heteroatoms. The van der Waals surface area contributed by atoms with Crippen LogP contribution in [-0.2, 0) is 21.5 Å². The predicted octanol–water partition coefficient (Wildman–Crippen LogP) is 5.73. The van der Waals surface area contributed by atoms with Crippen LogP contribution in [-0.4, -0.2) is 29.4 Å². The zero-order valence-electron chi connectivity index (χ0n) is 21.2. The van der Waals surface area contributed by atoms with Crippen molar-refractivity contribution in [1.82, 2.24) is 10.5 Å². The summed E-state index contributed by atoms with van der Waals surface area (Å²) < 4.78 is 11.0. The van der Waals surface area contributed by atoms with E-state index in [1.807, 2.05) is 56.3 Å². The molecule has 2 N–H and O–H groups in total. The van der Waals surface area contributed by atoms with Gasteiger partial charge in [-0.25, -0.2) is 0 Å². The molecule has 37 heavy (non-hydrogen) atoms. The summed E-state index contributed by atoms with van der Waals surface area (Å²) >= 11 is 0. The lowest BCUT2D eigenvalue weighted by Gasteiger charge is -2.17. The highest BCUT2D eigenvalue weighted by molar-refractivity contribution is 5.87. The Hall–Kier alpha value is -3.74. The lowest BCUT2D eigenvalue weighted by atomic mass is 9.93. The third-order valence-electron chi connectivity index (χ3n) is 7.17. The normalized spacial score (nSPS) is 14.8. The van der Waals surface area contributed by atoms with Gasteiger partial charge in [-0.2, -0.15) is 0 Å². The molecule has 0 bridgehead atoms. The van der Waals surface area contributed by atoms with Crippen molar-refractivity contribution in [3.8, 4) is 22.5 Å². The summed E-state index contributed by atoms with van der Waals surface area (Å²) in [5, 5.41) is 17.8. The van der Waals surface area contributed by atoms with E-state index in [0.717, 1.165) is 51.9 Å². The maximum Gasteiger partial charge on any atom is 0.316 e. The SMILES string of the molecule is CCOC(=O)C1(c2ccc(-c3ccc(-c4onc(C)c4C(CO)NCc4ccccc4)cc3)cc2)CC1. The summed E-state index contributed by atoms with van der Waals surface area (Å²) in [6.07, 6.45) is 1.68. The van der Waals surface area contributed by atoms with Gasteiger partial charge in [-0.1, -0.05) is 84.0 Å². The number of aromatic nitrogens is 1. The van der Waals surface area contributed by atoms with Crippen molar-refractivity contribution < 1.29 is 19.2 Å². The molecule has 1 atom stereocenters. The Bertz CT molecular complexity index is 1340. The molecule has 1 heterocycles. The highest BCUT2D eigenvalue weighted by Crippen LogP contribution is 2.49. The molecule has 1 saturated carbocycles. The number of aliphatic hydroxyl groups is 1. The lowest BCUT2D eigenvalue weighted by molar-refractivity contribution is -0.146. The summed E-state index contributed by atoms with van der Waals surface area (Å²) in [7, 11) is 0. The maximum absolute atomic E-state index is 12.4. The minimum atomic E-state index is -0.462.